The molecule has 0 radical (unpaired) electrons. The fourth-order valence-corrected chi connectivity index (χ4v) is 6.92. The molecule has 2 aliphatic heterocycles. The first-order chi connectivity index (χ1) is 20.8. The minimum atomic E-state index is -1.08. The lowest BCUT2D eigenvalue weighted by molar-refractivity contribution is -0.131. The third kappa shape index (κ3) is 5.39. The molecule has 222 valence electrons. The van der Waals surface area contributed by atoms with Crippen LogP contribution in [0.3, 0.4) is 0 Å². The summed E-state index contributed by atoms with van der Waals surface area (Å²) in [5.41, 5.74) is 0.870. The van der Waals surface area contributed by atoms with Gasteiger partial charge in [-0.25, -0.2) is 19.7 Å². The van der Waals surface area contributed by atoms with Gasteiger partial charge in [0.1, 0.15) is 29.8 Å². The summed E-state index contributed by atoms with van der Waals surface area (Å²) in [5.74, 6) is -2.49. The SMILES string of the molecule is [C-]#[N+]C[C@H]1CN(c2nc(OC[C@@H]3CCCN3C)nc3c(F)c(-c4cccc5c(F)csc45)ccc23)CCN1C(=O)C(=C)F. The van der Waals surface area contributed by atoms with Gasteiger partial charge in [-0.1, -0.05) is 30.8 Å². The van der Waals surface area contributed by atoms with E-state index in [0.717, 1.165) is 19.4 Å². The van der Waals surface area contributed by atoms with Crippen LogP contribution in [-0.2, 0) is 4.79 Å². The maximum Gasteiger partial charge on any atom is 0.319 e. The lowest BCUT2D eigenvalue weighted by atomic mass is 10.0. The lowest BCUT2D eigenvalue weighted by Gasteiger charge is -2.39. The number of hydrogen-bond donors (Lipinski definition) is 0. The van der Waals surface area contributed by atoms with Gasteiger partial charge in [-0.15, -0.1) is 11.3 Å². The molecular weight excluding hydrogens is 577 g/mol. The quantitative estimate of drug-likeness (QED) is 0.199. The number of thiophene rings is 1. The molecule has 0 unspecified atom stereocenters. The molecule has 4 heterocycles. The van der Waals surface area contributed by atoms with Gasteiger partial charge in [0.25, 0.3) is 5.91 Å². The monoisotopic (exact) mass is 606 g/mol. The molecule has 2 atom stereocenters. The molecule has 0 saturated carbocycles. The number of likely N-dealkylation sites (N-methyl/N-ethyl adjacent to an activating group) is 1. The standard InChI is InChI=1S/C31H29F3N6O2S/c1-18(32)30(41)40-13-12-39(15-20(40)14-35-2)29-24-10-9-21(22-7-4-8-23-25(33)17-43-28(22)23)26(34)27(24)36-31(37-29)42-16-19-6-5-11-38(19)3/h4,7-10,17,19-20H,1,5-6,11-16H2,3H3/t19-,20-/m0/s1. The maximum absolute atomic E-state index is 16.5. The van der Waals surface area contributed by atoms with E-state index in [1.165, 1.54) is 21.6 Å². The van der Waals surface area contributed by atoms with Crippen LogP contribution in [0.4, 0.5) is 19.0 Å². The zero-order chi connectivity index (χ0) is 30.2. The van der Waals surface area contributed by atoms with Crippen LogP contribution in [0.1, 0.15) is 12.8 Å². The minimum absolute atomic E-state index is 0.0107. The number of aromatic nitrogens is 2. The topological polar surface area (TPSA) is 66.2 Å². The van der Waals surface area contributed by atoms with Crippen LogP contribution in [0.25, 0.3) is 37.0 Å². The second kappa shape index (κ2) is 11.8. The van der Waals surface area contributed by atoms with Crippen LogP contribution in [0.2, 0.25) is 0 Å². The van der Waals surface area contributed by atoms with E-state index in [-0.39, 0.29) is 55.1 Å². The molecule has 2 saturated heterocycles. The molecule has 0 bridgehead atoms. The molecule has 12 heteroatoms. The highest BCUT2D eigenvalue weighted by Crippen LogP contribution is 2.39. The molecule has 1 amide bonds. The Balaban J connectivity index is 1.44. The van der Waals surface area contributed by atoms with E-state index in [2.05, 4.69) is 21.3 Å². The van der Waals surface area contributed by atoms with E-state index in [0.29, 0.717) is 33.5 Å². The zero-order valence-electron chi connectivity index (χ0n) is 23.5. The van der Waals surface area contributed by atoms with Crippen LogP contribution in [0, 0.1) is 18.2 Å². The van der Waals surface area contributed by atoms with Crippen molar-refractivity contribution >= 4 is 44.1 Å². The number of hydrogen-bond acceptors (Lipinski definition) is 7. The third-order valence-electron chi connectivity index (χ3n) is 8.26. The van der Waals surface area contributed by atoms with Crippen LogP contribution in [-0.4, -0.2) is 84.1 Å². The van der Waals surface area contributed by atoms with Crippen LogP contribution >= 0.6 is 11.3 Å². The third-order valence-corrected chi connectivity index (χ3v) is 9.26. The maximum atomic E-state index is 16.5. The number of piperazine rings is 1. The summed E-state index contributed by atoms with van der Waals surface area (Å²) < 4.78 is 51.3. The first-order valence-corrected chi connectivity index (χ1v) is 14.9. The Bertz CT molecular complexity index is 1770. The van der Waals surface area contributed by atoms with Crippen molar-refractivity contribution < 1.29 is 22.7 Å². The van der Waals surface area contributed by atoms with Crippen molar-refractivity contribution in [3.05, 3.63) is 71.2 Å². The van der Waals surface area contributed by atoms with Crippen LogP contribution in [0.5, 0.6) is 6.01 Å². The fourth-order valence-electron chi connectivity index (χ4n) is 5.97. The number of anilines is 1. The molecular formula is C31H29F3N6O2S. The highest BCUT2D eigenvalue weighted by molar-refractivity contribution is 7.17. The smallest absolute Gasteiger partial charge is 0.319 e. The Morgan fingerprint density at radius 2 is 1.98 bits per heavy atom. The van der Waals surface area contributed by atoms with Gasteiger partial charge in [0.15, 0.2) is 11.6 Å². The van der Waals surface area contributed by atoms with Gasteiger partial charge in [-0.3, -0.25) is 4.79 Å². The van der Waals surface area contributed by atoms with Gasteiger partial charge < -0.3 is 24.3 Å². The van der Waals surface area contributed by atoms with E-state index < -0.39 is 23.6 Å². The number of rotatable bonds is 7. The predicted molar refractivity (Wildman–Crippen MR) is 161 cm³/mol. The average molecular weight is 607 g/mol. The summed E-state index contributed by atoms with van der Waals surface area (Å²) in [6.45, 7) is 12.3. The lowest BCUT2D eigenvalue weighted by Crippen LogP contribution is -2.56. The van der Waals surface area contributed by atoms with E-state index in [9.17, 15) is 13.6 Å². The van der Waals surface area contributed by atoms with Crippen molar-refractivity contribution in [3.63, 3.8) is 0 Å². The Morgan fingerprint density at radius 1 is 1.14 bits per heavy atom. The first-order valence-electron chi connectivity index (χ1n) is 14.0. The van der Waals surface area contributed by atoms with Crippen molar-refractivity contribution in [2.75, 3.05) is 51.3 Å². The van der Waals surface area contributed by atoms with Gasteiger partial charge in [-0.2, -0.15) is 9.97 Å². The fraction of sp³-hybridized carbons (Fsp3) is 0.355. The largest absolute Gasteiger partial charge is 0.462 e. The number of likely N-dealkylation sites (tertiary alicyclic amines) is 1. The number of amides is 1. The Morgan fingerprint density at radius 3 is 2.72 bits per heavy atom. The number of ether oxygens (including phenoxy) is 1. The molecule has 0 N–H and O–H groups in total. The number of fused-ring (bicyclic) bond motifs is 2. The zero-order valence-corrected chi connectivity index (χ0v) is 24.3. The summed E-state index contributed by atoms with van der Waals surface area (Å²) >= 11 is 1.21. The normalized spacial score (nSPS) is 19.2. The molecule has 2 fully saturated rings. The van der Waals surface area contributed by atoms with Crippen molar-refractivity contribution in [1.82, 2.24) is 19.8 Å². The highest BCUT2D eigenvalue weighted by Gasteiger charge is 2.35. The summed E-state index contributed by atoms with van der Waals surface area (Å²) in [6.07, 6.45) is 2.02. The number of carbonyl (C=O) groups excluding carboxylic acids is 1. The molecule has 2 aromatic heterocycles. The summed E-state index contributed by atoms with van der Waals surface area (Å²) in [6, 6.07) is 8.04. The molecule has 4 aromatic rings. The number of nitrogens with zero attached hydrogens (tertiary/aromatic N) is 6. The van der Waals surface area contributed by atoms with Crippen molar-refractivity contribution in [1.29, 1.82) is 0 Å². The second-order valence-electron chi connectivity index (χ2n) is 10.9. The summed E-state index contributed by atoms with van der Waals surface area (Å²) in [5, 5.41) is 2.25. The molecule has 2 aromatic carbocycles. The van der Waals surface area contributed by atoms with Crippen molar-refractivity contribution in [2.45, 2.75) is 24.9 Å². The molecule has 6 rings (SSSR count). The van der Waals surface area contributed by atoms with Crippen LogP contribution in [0.15, 0.2) is 48.1 Å². The molecule has 2 aliphatic rings. The minimum Gasteiger partial charge on any atom is -0.462 e. The Kier molecular flexibility index (Phi) is 7.94. The van der Waals surface area contributed by atoms with Crippen molar-refractivity contribution in [2.24, 2.45) is 0 Å². The van der Waals surface area contributed by atoms with Crippen molar-refractivity contribution in [3.8, 4) is 17.1 Å². The van der Waals surface area contributed by atoms with Gasteiger partial charge in [0.2, 0.25) is 6.54 Å². The molecule has 0 spiro atoms. The van der Waals surface area contributed by atoms with Gasteiger partial charge in [0.05, 0.1) is 0 Å². The number of carbonyl (C=O) groups is 1. The summed E-state index contributed by atoms with van der Waals surface area (Å²) in [4.78, 5) is 30.5. The van der Waals surface area contributed by atoms with Crippen LogP contribution < -0.4 is 9.64 Å². The Hall–Kier alpha value is -4.21. The first kappa shape index (κ1) is 28.9. The molecule has 8 nitrogen and oxygen atoms in total. The predicted octanol–water partition coefficient (Wildman–Crippen LogP) is 5.68. The van der Waals surface area contributed by atoms with Gasteiger partial charge >= 0.3 is 6.01 Å². The highest BCUT2D eigenvalue weighted by atomic mass is 32.1. The Labute approximate surface area is 250 Å². The van der Waals surface area contributed by atoms with Gasteiger partial charge in [0, 0.05) is 57.7 Å². The molecule has 43 heavy (non-hydrogen) atoms. The number of halogens is 3. The van der Waals surface area contributed by atoms with Gasteiger partial charge in [-0.05, 0) is 32.5 Å². The van der Waals surface area contributed by atoms with E-state index in [1.54, 1.807) is 30.3 Å². The molecule has 0 aliphatic carbocycles. The summed E-state index contributed by atoms with van der Waals surface area (Å²) in [7, 11) is 2.03. The van der Waals surface area contributed by atoms with E-state index >= 15 is 4.39 Å². The average Bonchev–Trinajstić information content (AvgIpc) is 3.60. The second-order valence-corrected chi connectivity index (χ2v) is 11.7. The van der Waals surface area contributed by atoms with E-state index in [4.69, 9.17) is 16.3 Å². The van der Waals surface area contributed by atoms with E-state index in [1.807, 2.05) is 11.9 Å². The number of benzene rings is 2.